The molecule has 1 amide bonds. The lowest BCUT2D eigenvalue weighted by Crippen LogP contribution is -2.17. The van der Waals surface area contributed by atoms with Crippen LogP contribution in [0, 0.1) is 23.3 Å². The van der Waals surface area contributed by atoms with E-state index < -0.39 is 34.9 Å². The van der Waals surface area contributed by atoms with Crippen molar-refractivity contribution in [2.45, 2.75) is 6.42 Å². The molecule has 0 aliphatic heterocycles. The van der Waals surface area contributed by atoms with Crippen molar-refractivity contribution in [1.82, 2.24) is 0 Å². The third-order valence-corrected chi connectivity index (χ3v) is 2.85. The van der Waals surface area contributed by atoms with Crippen molar-refractivity contribution in [3.05, 3.63) is 59.7 Å². The fourth-order valence-corrected chi connectivity index (χ4v) is 1.75. The normalized spacial score (nSPS) is 10.4. The second kappa shape index (κ2) is 6.93. The van der Waals surface area contributed by atoms with Gasteiger partial charge in [0.05, 0.1) is 11.4 Å². The Balaban J connectivity index is 1.89. The zero-order chi connectivity index (χ0) is 16.1. The molecule has 0 aromatic heterocycles. The number of carbonyl (C=O) groups excluding carboxylic acids is 1. The summed E-state index contributed by atoms with van der Waals surface area (Å²) in [4.78, 5) is 11.6. The van der Waals surface area contributed by atoms with Gasteiger partial charge >= 0.3 is 0 Å². The maximum Gasteiger partial charge on any atom is 0.226 e. The highest BCUT2D eigenvalue weighted by atomic mass is 19.2. The Hall–Kier alpha value is -2.57. The van der Waals surface area contributed by atoms with Crippen LogP contribution < -0.4 is 10.6 Å². The van der Waals surface area contributed by atoms with E-state index in [1.165, 1.54) is 18.2 Å². The minimum absolute atomic E-state index is 0.0953. The summed E-state index contributed by atoms with van der Waals surface area (Å²) < 4.78 is 52.4. The Kier molecular flexibility index (Phi) is 4.98. The summed E-state index contributed by atoms with van der Waals surface area (Å²) in [6.07, 6.45) is -0.104. The van der Waals surface area contributed by atoms with Crippen LogP contribution in [0.2, 0.25) is 0 Å². The molecular weight excluding hydrogens is 300 g/mol. The molecule has 3 nitrogen and oxygen atoms in total. The highest BCUT2D eigenvalue weighted by Gasteiger charge is 2.15. The molecule has 0 spiro atoms. The lowest BCUT2D eigenvalue weighted by molar-refractivity contribution is -0.116. The highest BCUT2D eigenvalue weighted by Crippen LogP contribution is 2.19. The summed E-state index contributed by atoms with van der Waals surface area (Å²) in [5.74, 6) is -5.53. The van der Waals surface area contributed by atoms with Crippen LogP contribution in [-0.2, 0) is 4.79 Å². The van der Waals surface area contributed by atoms with E-state index in [4.69, 9.17) is 0 Å². The summed E-state index contributed by atoms with van der Waals surface area (Å²) in [6.45, 7) is 0.0953. The molecule has 0 aliphatic carbocycles. The predicted octanol–water partition coefficient (Wildman–Crippen LogP) is 3.68. The second-order valence-electron chi connectivity index (χ2n) is 4.43. The van der Waals surface area contributed by atoms with Crippen molar-refractivity contribution in [1.29, 1.82) is 0 Å². The van der Waals surface area contributed by atoms with Crippen molar-refractivity contribution in [3.63, 3.8) is 0 Å². The summed E-state index contributed by atoms with van der Waals surface area (Å²) in [5, 5.41) is 4.83. The molecule has 22 heavy (non-hydrogen) atoms. The van der Waals surface area contributed by atoms with E-state index in [9.17, 15) is 22.4 Å². The van der Waals surface area contributed by atoms with Crippen LogP contribution in [-0.4, -0.2) is 12.5 Å². The molecule has 0 fully saturated rings. The molecule has 0 atom stereocenters. The predicted molar refractivity (Wildman–Crippen MR) is 74.5 cm³/mol. The molecule has 0 heterocycles. The molecule has 2 aromatic carbocycles. The Labute approximate surface area is 124 Å². The molecule has 0 bridgehead atoms. The van der Waals surface area contributed by atoms with Crippen molar-refractivity contribution < 1.29 is 22.4 Å². The summed E-state index contributed by atoms with van der Waals surface area (Å²) >= 11 is 0. The summed E-state index contributed by atoms with van der Waals surface area (Å²) in [7, 11) is 0. The molecule has 0 saturated carbocycles. The van der Waals surface area contributed by atoms with Crippen LogP contribution in [0.15, 0.2) is 36.4 Å². The lowest BCUT2D eigenvalue weighted by atomic mass is 10.2. The lowest BCUT2D eigenvalue weighted by Gasteiger charge is -2.09. The van der Waals surface area contributed by atoms with E-state index in [1.807, 2.05) is 0 Å². The zero-order valence-corrected chi connectivity index (χ0v) is 11.3. The first-order valence-corrected chi connectivity index (χ1v) is 6.41. The van der Waals surface area contributed by atoms with Gasteiger partial charge in [-0.3, -0.25) is 4.79 Å². The number of hydrogen-bond donors (Lipinski definition) is 2. The minimum atomic E-state index is -1.65. The molecule has 2 rings (SSSR count). The molecular formula is C15H12F4N2O. The van der Waals surface area contributed by atoms with Crippen LogP contribution in [0.1, 0.15) is 6.42 Å². The van der Waals surface area contributed by atoms with Crippen LogP contribution in [0.5, 0.6) is 0 Å². The monoisotopic (exact) mass is 312 g/mol. The average Bonchev–Trinajstić information content (AvgIpc) is 2.50. The van der Waals surface area contributed by atoms with E-state index >= 15 is 0 Å². The fraction of sp³-hybridized carbons (Fsp3) is 0.133. The van der Waals surface area contributed by atoms with Gasteiger partial charge in [0.15, 0.2) is 17.5 Å². The number of benzene rings is 2. The SMILES string of the molecule is O=C(CCNc1ccccc1F)Nc1ccc(F)c(F)c1F. The van der Waals surface area contributed by atoms with E-state index in [-0.39, 0.29) is 18.7 Å². The molecule has 2 aromatic rings. The Morgan fingerprint density at radius 1 is 0.864 bits per heavy atom. The van der Waals surface area contributed by atoms with Gasteiger partial charge in [-0.15, -0.1) is 0 Å². The number of amides is 1. The van der Waals surface area contributed by atoms with E-state index in [1.54, 1.807) is 6.07 Å². The zero-order valence-electron chi connectivity index (χ0n) is 11.3. The third-order valence-electron chi connectivity index (χ3n) is 2.85. The first-order valence-electron chi connectivity index (χ1n) is 6.41. The Morgan fingerprint density at radius 2 is 1.59 bits per heavy atom. The number of hydrogen-bond acceptors (Lipinski definition) is 2. The maximum atomic E-state index is 13.4. The minimum Gasteiger partial charge on any atom is -0.382 e. The van der Waals surface area contributed by atoms with Crippen LogP contribution >= 0.6 is 0 Å². The van der Waals surface area contributed by atoms with Crippen molar-refractivity contribution in [2.24, 2.45) is 0 Å². The topological polar surface area (TPSA) is 41.1 Å². The quantitative estimate of drug-likeness (QED) is 0.653. The van der Waals surface area contributed by atoms with Gasteiger partial charge in [0.2, 0.25) is 5.91 Å². The van der Waals surface area contributed by atoms with Gasteiger partial charge in [-0.05, 0) is 24.3 Å². The number of rotatable bonds is 5. The van der Waals surface area contributed by atoms with Crippen LogP contribution in [0.25, 0.3) is 0 Å². The molecule has 0 saturated heterocycles. The molecule has 0 unspecified atom stereocenters. The second-order valence-corrected chi connectivity index (χ2v) is 4.43. The number of halogens is 4. The van der Waals surface area contributed by atoms with Gasteiger partial charge in [0.1, 0.15) is 5.82 Å². The van der Waals surface area contributed by atoms with Crippen LogP contribution in [0.3, 0.4) is 0 Å². The van der Waals surface area contributed by atoms with Gasteiger partial charge in [-0.1, -0.05) is 12.1 Å². The Morgan fingerprint density at radius 3 is 2.32 bits per heavy atom. The van der Waals surface area contributed by atoms with Crippen molar-refractivity contribution in [2.75, 3.05) is 17.2 Å². The molecule has 7 heteroatoms. The van der Waals surface area contributed by atoms with E-state index in [0.717, 1.165) is 6.07 Å². The van der Waals surface area contributed by atoms with Gasteiger partial charge in [-0.2, -0.15) is 0 Å². The standard InChI is InChI=1S/C15H12F4N2O/c16-9-3-1-2-4-11(9)20-8-7-13(22)21-12-6-5-10(17)14(18)15(12)19/h1-6,20H,7-8H2,(H,21,22). The number of carbonyl (C=O) groups is 1. The molecule has 116 valence electrons. The van der Waals surface area contributed by atoms with Gasteiger partial charge < -0.3 is 10.6 Å². The van der Waals surface area contributed by atoms with E-state index in [0.29, 0.717) is 6.07 Å². The van der Waals surface area contributed by atoms with E-state index in [2.05, 4.69) is 10.6 Å². The first-order chi connectivity index (χ1) is 10.5. The number of nitrogens with one attached hydrogen (secondary N) is 2. The Bertz CT molecular complexity index is 691. The number of anilines is 2. The average molecular weight is 312 g/mol. The maximum absolute atomic E-state index is 13.4. The van der Waals surface area contributed by atoms with Gasteiger partial charge in [0.25, 0.3) is 0 Å². The smallest absolute Gasteiger partial charge is 0.226 e. The van der Waals surface area contributed by atoms with Crippen molar-refractivity contribution >= 4 is 17.3 Å². The molecule has 0 radical (unpaired) electrons. The number of para-hydroxylation sites is 1. The highest BCUT2D eigenvalue weighted by molar-refractivity contribution is 5.91. The third kappa shape index (κ3) is 3.75. The molecule has 2 N–H and O–H groups in total. The van der Waals surface area contributed by atoms with Crippen molar-refractivity contribution in [3.8, 4) is 0 Å². The van der Waals surface area contributed by atoms with Gasteiger partial charge in [0, 0.05) is 13.0 Å². The fourth-order valence-electron chi connectivity index (χ4n) is 1.75. The van der Waals surface area contributed by atoms with Crippen LogP contribution in [0.4, 0.5) is 28.9 Å². The molecule has 0 aliphatic rings. The summed E-state index contributed by atoms with van der Waals surface area (Å²) in [5.41, 5.74) is -0.218. The summed E-state index contributed by atoms with van der Waals surface area (Å²) in [6, 6.07) is 7.56. The largest absolute Gasteiger partial charge is 0.382 e. The first kappa shape index (κ1) is 15.8. The van der Waals surface area contributed by atoms with Gasteiger partial charge in [-0.25, -0.2) is 17.6 Å².